The molecule has 134 valence electrons. The molecule has 26 heavy (non-hydrogen) atoms. The Bertz CT molecular complexity index is 932. The number of rotatable bonds is 4. The Labute approximate surface area is 155 Å². The van der Waals surface area contributed by atoms with Crippen LogP contribution in [0.2, 0.25) is 5.02 Å². The lowest BCUT2D eigenvalue weighted by Crippen LogP contribution is -2.23. The molecule has 2 heterocycles. The van der Waals surface area contributed by atoms with E-state index >= 15 is 0 Å². The van der Waals surface area contributed by atoms with Crippen molar-refractivity contribution >= 4 is 29.0 Å². The van der Waals surface area contributed by atoms with E-state index in [2.05, 4.69) is 15.6 Å². The lowest BCUT2D eigenvalue weighted by atomic mass is 9.98. The number of pyridine rings is 1. The molecular weight excluding hydrogens is 354 g/mol. The highest BCUT2D eigenvalue weighted by Gasteiger charge is 2.20. The molecule has 3 rings (SSSR count). The van der Waals surface area contributed by atoms with Gasteiger partial charge in [-0.2, -0.15) is 0 Å². The zero-order valence-corrected chi connectivity index (χ0v) is 14.9. The third-order valence-electron chi connectivity index (χ3n) is 4.23. The molecule has 1 atom stereocenters. The second kappa shape index (κ2) is 7.58. The predicted molar refractivity (Wildman–Crippen MR) is 100 cm³/mol. The second-order valence-corrected chi connectivity index (χ2v) is 6.41. The number of carbonyl (C=O) groups excluding carboxylic acids is 2. The van der Waals surface area contributed by atoms with Crippen molar-refractivity contribution < 1.29 is 9.59 Å². The number of halogens is 1. The summed E-state index contributed by atoms with van der Waals surface area (Å²) in [4.78, 5) is 37.9. The lowest BCUT2D eigenvalue weighted by Gasteiger charge is -2.13. The molecule has 0 unspecified atom stereocenters. The fourth-order valence-corrected chi connectivity index (χ4v) is 2.97. The maximum atomic E-state index is 11.9. The molecule has 3 N–H and O–H groups in total. The lowest BCUT2D eigenvalue weighted by molar-refractivity contribution is -0.119. The van der Waals surface area contributed by atoms with Gasteiger partial charge in [0, 0.05) is 36.3 Å². The molecule has 1 saturated heterocycles. The third-order valence-corrected chi connectivity index (χ3v) is 4.53. The quantitative estimate of drug-likeness (QED) is 0.768. The first kappa shape index (κ1) is 17.9. The van der Waals surface area contributed by atoms with Gasteiger partial charge in [-0.1, -0.05) is 29.8 Å². The van der Waals surface area contributed by atoms with E-state index in [1.165, 1.54) is 6.07 Å². The van der Waals surface area contributed by atoms with Crippen molar-refractivity contribution in [2.45, 2.75) is 18.9 Å². The molecule has 0 aliphatic carbocycles. The van der Waals surface area contributed by atoms with Crippen LogP contribution < -0.4 is 16.2 Å². The first-order chi connectivity index (χ1) is 12.5. The van der Waals surface area contributed by atoms with Crippen molar-refractivity contribution in [3.63, 3.8) is 0 Å². The zero-order chi connectivity index (χ0) is 18.7. The normalized spacial score (nSPS) is 17.1. The van der Waals surface area contributed by atoms with Gasteiger partial charge in [0.2, 0.25) is 5.91 Å². The monoisotopic (exact) mass is 371 g/mol. The number of amides is 2. The van der Waals surface area contributed by atoms with E-state index in [1.54, 1.807) is 37.4 Å². The summed E-state index contributed by atoms with van der Waals surface area (Å²) >= 11 is 5.83. The Morgan fingerprint density at radius 1 is 1.15 bits per heavy atom. The van der Waals surface area contributed by atoms with Crippen molar-refractivity contribution in [1.82, 2.24) is 15.6 Å². The molecule has 0 radical (unpaired) electrons. The molecule has 6 nitrogen and oxygen atoms in total. The van der Waals surface area contributed by atoms with Crippen LogP contribution in [0.25, 0.3) is 5.57 Å². The van der Waals surface area contributed by atoms with Crippen LogP contribution in [0.4, 0.5) is 0 Å². The number of nitrogens with one attached hydrogen (secondary N) is 3. The van der Waals surface area contributed by atoms with Gasteiger partial charge in [-0.05, 0) is 36.2 Å². The molecule has 2 amide bonds. The maximum absolute atomic E-state index is 11.9. The fraction of sp³-hybridized carbons (Fsp3) is 0.211. The van der Waals surface area contributed by atoms with Crippen molar-refractivity contribution in [2.75, 3.05) is 7.05 Å². The predicted octanol–water partition coefficient (Wildman–Crippen LogP) is 2.10. The Hall–Kier alpha value is -2.86. The minimum atomic E-state index is -0.382. The highest BCUT2D eigenvalue weighted by Crippen LogP contribution is 2.25. The zero-order valence-electron chi connectivity index (χ0n) is 14.1. The standard InChI is InChI=1S/C19H18ClN3O3/c1-21-18(25)12-4-2-11(3-5-12)14(10-13-6-9-17(24)22-13)16-8-7-15(20)19(26)23-16/h2-5,7-8,10,13H,6,9H2,1H3,(H,21,25)(H,22,24)(H,23,26)/t13-/m1/s1. The van der Waals surface area contributed by atoms with Gasteiger partial charge in [0.1, 0.15) is 5.02 Å². The number of aromatic nitrogens is 1. The Morgan fingerprint density at radius 3 is 2.42 bits per heavy atom. The molecule has 1 aliphatic heterocycles. The third kappa shape index (κ3) is 3.86. The molecule has 1 aromatic heterocycles. The molecule has 2 aromatic rings. The number of benzene rings is 1. The van der Waals surface area contributed by atoms with Gasteiger partial charge < -0.3 is 15.6 Å². The summed E-state index contributed by atoms with van der Waals surface area (Å²) in [7, 11) is 1.57. The average Bonchev–Trinajstić information content (AvgIpc) is 3.06. The topological polar surface area (TPSA) is 91.1 Å². The molecule has 0 bridgehead atoms. The van der Waals surface area contributed by atoms with Crippen LogP contribution in [0.1, 0.15) is 34.5 Å². The summed E-state index contributed by atoms with van der Waals surface area (Å²) in [5, 5.41) is 5.58. The van der Waals surface area contributed by atoms with E-state index in [1.807, 2.05) is 6.08 Å². The molecular formula is C19H18ClN3O3. The van der Waals surface area contributed by atoms with Gasteiger partial charge in [0.05, 0.1) is 0 Å². The SMILES string of the molecule is CNC(=O)c1ccc(C(=C[C@H]2CCC(=O)N2)c2ccc(Cl)c(=O)[nH]2)cc1. The molecule has 7 heteroatoms. The number of aromatic amines is 1. The average molecular weight is 372 g/mol. The summed E-state index contributed by atoms with van der Waals surface area (Å²) in [5.41, 5.74) is 2.32. The first-order valence-electron chi connectivity index (χ1n) is 8.21. The van der Waals surface area contributed by atoms with Crippen molar-refractivity contribution in [1.29, 1.82) is 0 Å². The number of carbonyl (C=O) groups is 2. The number of hydrogen-bond donors (Lipinski definition) is 3. The Kier molecular flexibility index (Phi) is 5.23. The van der Waals surface area contributed by atoms with E-state index in [-0.39, 0.29) is 28.4 Å². The molecule has 1 aromatic carbocycles. The van der Waals surface area contributed by atoms with Gasteiger partial charge >= 0.3 is 0 Å². The maximum Gasteiger partial charge on any atom is 0.267 e. The molecule has 1 aliphatic rings. The van der Waals surface area contributed by atoms with Crippen molar-refractivity contribution in [3.8, 4) is 0 Å². The molecule has 0 saturated carbocycles. The van der Waals surface area contributed by atoms with Crippen LogP contribution in [-0.4, -0.2) is 29.9 Å². The summed E-state index contributed by atoms with van der Waals surface area (Å²) in [6.45, 7) is 0. The Balaban J connectivity index is 2.03. The number of H-pyrrole nitrogens is 1. The van der Waals surface area contributed by atoms with Gasteiger partial charge in [-0.3, -0.25) is 14.4 Å². The van der Waals surface area contributed by atoms with E-state index in [4.69, 9.17) is 11.6 Å². The van der Waals surface area contributed by atoms with E-state index < -0.39 is 0 Å². The van der Waals surface area contributed by atoms with Gasteiger partial charge in [-0.25, -0.2) is 0 Å². The van der Waals surface area contributed by atoms with Gasteiger partial charge in [0.15, 0.2) is 0 Å². The van der Waals surface area contributed by atoms with Crippen LogP contribution in [-0.2, 0) is 4.79 Å². The number of hydrogen-bond acceptors (Lipinski definition) is 3. The van der Waals surface area contributed by atoms with Crippen molar-refractivity contribution in [3.05, 3.63) is 74.7 Å². The fourth-order valence-electron chi connectivity index (χ4n) is 2.86. The van der Waals surface area contributed by atoms with E-state index in [0.717, 1.165) is 11.1 Å². The van der Waals surface area contributed by atoms with Crippen LogP contribution in [0.5, 0.6) is 0 Å². The highest BCUT2D eigenvalue weighted by atomic mass is 35.5. The minimum absolute atomic E-state index is 0.00478. The van der Waals surface area contributed by atoms with E-state index in [9.17, 15) is 14.4 Å². The smallest absolute Gasteiger partial charge is 0.267 e. The Morgan fingerprint density at radius 2 is 1.85 bits per heavy atom. The van der Waals surface area contributed by atoms with Crippen LogP contribution >= 0.6 is 11.6 Å². The van der Waals surface area contributed by atoms with Crippen molar-refractivity contribution in [2.24, 2.45) is 0 Å². The first-order valence-corrected chi connectivity index (χ1v) is 8.58. The van der Waals surface area contributed by atoms with Gasteiger partial charge in [-0.15, -0.1) is 0 Å². The minimum Gasteiger partial charge on any atom is -0.355 e. The van der Waals surface area contributed by atoms with Gasteiger partial charge in [0.25, 0.3) is 11.5 Å². The summed E-state index contributed by atoms with van der Waals surface area (Å²) < 4.78 is 0. The van der Waals surface area contributed by atoms with Crippen LogP contribution in [0.3, 0.4) is 0 Å². The second-order valence-electron chi connectivity index (χ2n) is 6.00. The largest absolute Gasteiger partial charge is 0.355 e. The summed E-state index contributed by atoms with van der Waals surface area (Å²) in [5.74, 6) is -0.171. The summed E-state index contributed by atoms with van der Waals surface area (Å²) in [6, 6.07) is 10.2. The van der Waals surface area contributed by atoms with Crippen LogP contribution in [0.15, 0.2) is 47.3 Å². The summed E-state index contributed by atoms with van der Waals surface area (Å²) in [6.07, 6.45) is 3.08. The molecule has 0 spiro atoms. The molecule has 1 fully saturated rings. The highest BCUT2D eigenvalue weighted by molar-refractivity contribution is 6.30. The van der Waals surface area contributed by atoms with Crippen LogP contribution in [0, 0.1) is 0 Å². The van der Waals surface area contributed by atoms with E-state index in [0.29, 0.717) is 24.1 Å².